The highest BCUT2D eigenvalue weighted by molar-refractivity contribution is 7.15. The first-order valence-corrected chi connectivity index (χ1v) is 8.05. The third-order valence-corrected chi connectivity index (χ3v) is 4.15. The van der Waals surface area contributed by atoms with Crippen LogP contribution in [0.2, 0.25) is 0 Å². The number of fused-ring (bicyclic) bond motifs is 1. The van der Waals surface area contributed by atoms with Crippen LogP contribution >= 0.6 is 11.3 Å². The normalized spacial score (nSPS) is 12.0. The van der Waals surface area contributed by atoms with Crippen molar-refractivity contribution in [2.45, 2.75) is 20.3 Å². The van der Waals surface area contributed by atoms with Crippen LogP contribution in [0.4, 0.5) is 0 Å². The predicted octanol–water partition coefficient (Wildman–Crippen LogP) is 1.16. The van der Waals surface area contributed by atoms with E-state index in [-0.39, 0.29) is 11.3 Å². The van der Waals surface area contributed by atoms with Crippen LogP contribution in [0.25, 0.3) is 11.0 Å². The Morgan fingerprint density at radius 1 is 1.26 bits per heavy atom. The summed E-state index contributed by atoms with van der Waals surface area (Å²) in [6.45, 7) is 4.26. The lowest BCUT2D eigenvalue weighted by Crippen LogP contribution is -2.27. The minimum absolute atomic E-state index is 0.210. The average molecular weight is 329 g/mol. The van der Waals surface area contributed by atoms with Crippen LogP contribution in [0, 0.1) is 6.92 Å². The Bertz CT molecular complexity index is 1010. The molecule has 0 amide bonds. The van der Waals surface area contributed by atoms with Crippen molar-refractivity contribution in [1.29, 1.82) is 0 Å². The number of benzene rings is 1. The van der Waals surface area contributed by atoms with E-state index in [4.69, 9.17) is 4.74 Å². The van der Waals surface area contributed by atoms with E-state index in [2.05, 4.69) is 10.1 Å². The zero-order valence-electron chi connectivity index (χ0n) is 12.8. The van der Waals surface area contributed by atoms with E-state index >= 15 is 0 Å². The van der Waals surface area contributed by atoms with Crippen LogP contribution in [0.3, 0.4) is 0 Å². The molecule has 7 heteroatoms. The molecule has 2 heterocycles. The van der Waals surface area contributed by atoms with Crippen molar-refractivity contribution in [3.05, 3.63) is 60.8 Å². The maximum atomic E-state index is 12.3. The van der Waals surface area contributed by atoms with Crippen LogP contribution in [0.5, 0.6) is 5.75 Å². The monoisotopic (exact) mass is 329 g/mol. The summed E-state index contributed by atoms with van der Waals surface area (Å²) >= 11 is 1.15. The van der Waals surface area contributed by atoms with Crippen molar-refractivity contribution in [3.63, 3.8) is 0 Å². The SMILES string of the molecule is CCCOc1ccc(/C=c2\sc3nc(=O)c(C)nn3c2=O)cc1. The van der Waals surface area contributed by atoms with E-state index < -0.39 is 5.56 Å². The van der Waals surface area contributed by atoms with Crippen molar-refractivity contribution in [2.75, 3.05) is 6.61 Å². The number of ether oxygens (including phenoxy) is 1. The molecule has 0 saturated carbocycles. The van der Waals surface area contributed by atoms with Gasteiger partial charge in [-0.3, -0.25) is 9.59 Å². The smallest absolute Gasteiger partial charge is 0.295 e. The van der Waals surface area contributed by atoms with Crippen LogP contribution in [0.1, 0.15) is 24.6 Å². The summed E-state index contributed by atoms with van der Waals surface area (Å²) in [7, 11) is 0. The number of nitrogens with zero attached hydrogens (tertiary/aromatic N) is 3. The fourth-order valence-corrected chi connectivity index (χ4v) is 2.92. The lowest BCUT2D eigenvalue weighted by atomic mass is 10.2. The maximum absolute atomic E-state index is 12.3. The highest BCUT2D eigenvalue weighted by Gasteiger charge is 2.08. The van der Waals surface area contributed by atoms with Gasteiger partial charge in [0.1, 0.15) is 11.4 Å². The van der Waals surface area contributed by atoms with Crippen molar-refractivity contribution < 1.29 is 4.74 Å². The summed E-state index contributed by atoms with van der Waals surface area (Å²) in [4.78, 5) is 28.0. The summed E-state index contributed by atoms with van der Waals surface area (Å²) < 4.78 is 7.18. The van der Waals surface area contributed by atoms with Gasteiger partial charge in [0.15, 0.2) is 0 Å². The van der Waals surface area contributed by atoms with Crippen molar-refractivity contribution >= 4 is 22.4 Å². The zero-order chi connectivity index (χ0) is 16.4. The molecule has 1 aromatic carbocycles. The van der Waals surface area contributed by atoms with Gasteiger partial charge in [0.2, 0.25) is 4.96 Å². The van der Waals surface area contributed by atoms with E-state index in [1.54, 1.807) is 6.08 Å². The first-order chi connectivity index (χ1) is 11.1. The Labute approximate surface area is 135 Å². The van der Waals surface area contributed by atoms with Gasteiger partial charge in [0.05, 0.1) is 11.1 Å². The third-order valence-electron chi connectivity index (χ3n) is 3.19. The van der Waals surface area contributed by atoms with Gasteiger partial charge in [-0.15, -0.1) is 0 Å². The molecule has 118 valence electrons. The molecule has 0 aliphatic heterocycles. The number of hydrogen-bond acceptors (Lipinski definition) is 6. The van der Waals surface area contributed by atoms with Crippen molar-refractivity contribution in [2.24, 2.45) is 0 Å². The molecule has 0 fully saturated rings. The molecule has 3 aromatic rings. The molecule has 3 rings (SSSR count). The quantitative estimate of drug-likeness (QED) is 0.718. The second-order valence-electron chi connectivity index (χ2n) is 5.03. The van der Waals surface area contributed by atoms with Crippen LogP contribution in [0.15, 0.2) is 33.9 Å². The molecular formula is C16H15N3O3S. The molecule has 0 radical (unpaired) electrons. The van der Waals surface area contributed by atoms with E-state index in [9.17, 15) is 9.59 Å². The molecule has 2 aromatic heterocycles. The maximum Gasteiger partial charge on any atom is 0.295 e. The summed E-state index contributed by atoms with van der Waals surface area (Å²) in [5, 5.41) is 3.98. The highest BCUT2D eigenvalue weighted by atomic mass is 32.1. The molecule has 0 unspecified atom stereocenters. The Morgan fingerprint density at radius 3 is 2.70 bits per heavy atom. The molecule has 0 aliphatic rings. The van der Waals surface area contributed by atoms with Crippen LogP contribution < -0.4 is 20.4 Å². The lowest BCUT2D eigenvalue weighted by molar-refractivity contribution is 0.317. The Kier molecular flexibility index (Phi) is 4.20. The molecular weight excluding hydrogens is 314 g/mol. The number of aromatic nitrogens is 3. The average Bonchev–Trinajstić information content (AvgIpc) is 2.83. The number of thiazole rings is 1. The highest BCUT2D eigenvalue weighted by Crippen LogP contribution is 2.13. The summed E-state index contributed by atoms with van der Waals surface area (Å²) in [5.74, 6) is 0.798. The molecule has 0 N–H and O–H groups in total. The van der Waals surface area contributed by atoms with E-state index in [0.717, 1.165) is 29.1 Å². The van der Waals surface area contributed by atoms with Gasteiger partial charge in [0, 0.05) is 0 Å². The first kappa shape index (κ1) is 15.4. The van der Waals surface area contributed by atoms with Gasteiger partial charge in [-0.25, -0.2) is 0 Å². The molecule has 6 nitrogen and oxygen atoms in total. The topological polar surface area (TPSA) is 73.6 Å². The van der Waals surface area contributed by atoms with Gasteiger partial charge in [-0.1, -0.05) is 30.4 Å². The van der Waals surface area contributed by atoms with Gasteiger partial charge < -0.3 is 4.74 Å². The molecule has 0 saturated heterocycles. The predicted molar refractivity (Wildman–Crippen MR) is 89.2 cm³/mol. The summed E-state index contributed by atoms with van der Waals surface area (Å²) in [5.41, 5.74) is 0.403. The van der Waals surface area contributed by atoms with Gasteiger partial charge in [0.25, 0.3) is 11.1 Å². The largest absolute Gasteiger partial charge is 0.494 e. The fourth-order valence-electron chi connectivity index (χ4n) is 2.02. The van der Waals surface area contributed by atoms with E-state index in [1.165, 1.54) is 11.4 Å². The van der Waals surface area contributed by atoms with Gasteiger partial charge in [-0.05, 0) is 37.1 Å². The summed E-state index contributed by atoms with van der Waals surface area (Å²) in [6, 6.07) is 7.49. The zero-order valence-corrected chi connectivity index (χ0v) is 13.6. The Hall–Kier alpha value is -2.54. The molecule has 0 spiro atoms. The van der Waals surface area contributed by atoms with Crippen LogP contribution in [-0.2, 0) is 0 Å². The molecule has 23 heavy (non-hydrogen) atoms. The lowest BCUT2D eigenvalue weighted by Gasteiger charge is -2.03. The Balaban J connectivity index is 2.02. The summed E-state index contributed by atoms with van der Waals surface area (Å²) in [6.07, 6.45) is 2.71. The third kappa shape index (κ3) is 3.14. The molecule has 0 aliphatic carbocycles. The Morgan fingerprint density at radius 2 is 2.00 bits per heavy atom. The van der Waals surface area contributed by atoms with Crippen molar-refractivity contribution in [3.8, 4) is 5.75 Å². The van der Waals surface area contributed by atoms with Gasteiger partial charge in [-0.2, -0.15) is 14.6 Å². The van der Waals surface area contributed by atoms with Crippen LogP contribution in [-0.4, -0.2) is 21.2 Å². The molecule has 0 atom stereocenters. The van der Waals surface area contributed by atoms with E-state index in [1.807, 2.05) is 31.2 Å². The van der Waals surface area contributed by atoms with E-state index in [0.29, 0.717) is 16.1 Å². The first-order valence-electron chi connectivity index (χ1n) is 7.23. The standard InChI is InChI=1S/C16H15N3O3S/c1-3-8-22-12-6-4-11(5-7-12)9-13-15(21)19-16(23-13)17-14(20)10(2)18-19/h4-7,9H,3,8H2,1-2H3/b13-9-. The van der Waals surface area contributed by atoms with Gasteiger partial charge >= 0.3 is 0 Å². The molecule has 0 bridgehead atoms. The number of hydrogen-bond donors (Lipinski definition) is 0. The fraction of sp³-hybridized carbons (Fsp3) is 0.250. The second-order valence-corrected chi connectivity index (χ2v) is 6.04. The number of rotatable bonds is 4. The minimum atomic E-state index is -0.407. The minimum Gasteiger partial charge on any atom is -0.494 e. The number of aryl methyl sites for hydroxylation is 1. The van der Waals surface area contributed by atoms with Crippen molar-refractivity contribution in [1.82, 2.24) is 14.6 Å². The second kappa shape index (κ2) is 6.29.